The summed E-state index contributed by atoms with van der Waals surface area (Å²) in [5.41, 5.74) is 0. The molecule has 0 heterocycles. The summed E-state index contributed by atoms with van der Waals surface area (Å²) in [6, 6.07) is 0. The SMILES string of the molecule is C#C.CCC[CH2][Sn]([SnH3])([CH2]CCC)[CH2]CCC.CCC[CH2][Sn]([SnH3])([CH2]CCC)[CH2]CCC. The van der Waals surface area contributed by atoms with Gasteiger partial charge >= 0.3 is 211 Å². The zero-order valence-electron chi connectivity index (χ0n) is 22.9. The number of hydrogen-bond donors (Lipinski definition) is 0. The van der Waals surface area contributed by atoms with Gasteiger partial charge in [-0.05, 0) is 0 Å². The van der Waals surface area contributed by atoms with Gasteiger partial charge in [-0.2, -0.15) is 0 Å². The van der Waals surface area contributed by atoms with Crippen LogP contribution in [0.3, 0.4) is 0 Å². The third-order valence-corrected chi connectivity index (χ3v) is 91.0. The van der Waals surface area contributed by atoms with Crippen LogP contribution < -0.4 is 0 Å². The van der Waals surface area contributed by atoms with Crippen LogP contribution >= 0.6 is 0 Å². The normalized spacial score (nSPS) is 11.5. The molecule has 0 unspecified atom stereocenters. The molecule has 0 fully saturated rings. The number of terminal acetylenes is 1. The fraction of sp³-hybridized carbons (Fsp3) is 0.923. The number of hydrogen-bond acceptors (Lipinski definition) is 0. The second-order valence-electron chi connectivity index (χ2n) is 10.2. The topological polar surface area (TPSA) is 0 Å². The van der Waals surface area contributed by atoms with E-state index >= 15 is 0 Å². The Hall–Kier alpha value is 2.75. The van der Waals surface area contributed by atoms with Gasteiger partial charge in [0.2, 0.25) is 0 Å². The minimum atomic E-state index is -1.35. The van der Waals surface area contributed by atoms with Gasteiger partial charge in [0.1, 0.15) is 0 Å². The zero-order valence-corrected chi connectivity index (χ0v) is 40.0. The Morgan fingerprint density at radius 2 is 0.533 bits per heavy atom. The molecule has 182 valence electrons. The molecule has 0 rings (SSSR count). The van der Waals surface area contributed by atoms with Crippen molar-refractivity contribution in [2.45, 2.75) is 145 Å². The Balaban J connectivity index is -0.000000448. The summed E-state index contributed by atoms with van der Waals surface area (Å²) in [7, 11) is 0. The Labute approximate surface area is 221 Å². The van der Waals surface area contributed by atoms with Gasteiger partial charge in [-0.3, -0.25) is 0 Å². The molecule has 0 saturated heterocycles. The first kappa shape index (κ1) is 37.3. The van der Waals surface area contributed by atoms with Gasteiger partial charge in [0, 0.05) is 0 Å². The summed E-state index contributed by atoms with van der Waals surface area (Å²) >= 11 is -0.588. The first-order valence-corrected chi connectivity index (χ1v) is 69.8. The van der Waals surface area contributed by atoms with Gasteiger partial charge in [0.25, 0.3) is 0 Å². The van der Waals surface area contributed by atoms with Crippen molar-refractivity contribution in [2.75, 3.05) is 0 Å². The molecule has 0 aliphatic rings. The first-order chi connectivity index (χ1) is 14.4. The predicted octanol–water partition coefficient (Wildman–Crippen LogP) is 7.64. The van der Waals surface area contributed by atoms with Crippen molar-refractivity contribution in [2.24, 2.45) is 0 Å². The van der Waals surface area contributed by atoms with Gasteiger partial charge in [-0.1, -0.05) is 0 Å². The summed E-state index contributed by atoms with van der Waals surface area (Å²) in [6.45, 7) is 14.2. The van der Waals surface area contributed by atoms with Crippen LogP contribution in [-0.2, 0) is 0 Å². The molecule has 0 bridgehead atoms. The van der Waals surface area contributed by atoms with Crippen molar-refractivity contribution < 1.29 is 0 Å². The molecular formula is C26H62Sn4. The minimum absolute atomic E-state index is 1.06. The molecule has 30 heavy (non-hydrogen) atoms. The van der Waals surface area contributed by atoms with E-state index in [1.165, 1.54) is 38.5 Å². The van der Waals surface area contributed by atoms with E-state index < -0.39 is 28.9 Å². The standard InChI is InChI=1S/6C4H9.C2H2.4Sn.6H/c6*1-3-4-2;1-2;;;;;;;;;;/h6*1,3-4H2,2H3;1-2H;;;;;;;;;;. The molecule has 0 aromatic rings. The molecule has 0 saturated carbocycles. The first-order valence-electron chi connectivity index (χ1n) is 13.7. The fourth-order valence-electron chi connectivity index (χ4n) is 4.37. The number of rotatable bonds is 18. The average Bonchev–Trinajstić information content (AvgIpc) is 2.78. The molecule has 0 aliphatic carbocycles. The van der Waals surface area contributed by atoms with Crippen LogP contribution in [0.25, 0.3) is 0 Å². The summed E-state index contributed by atoms with van der Waals surface area (Å²) in [5.74, 6) is 0. The number of unbranched alkanes of at least 4 members (excludes halogenated alkanes) is 6. The van der Waals surface area contributed by atoms with Crippen molar-refractivity contribution >= 4 is 66.0 Å². The Morgan fingerprint density at radius 3 is 0.633 bits per heavy atom. The quantitative estimate of drug-likeness (QED) is 0.0984. The third-order valence-electron chi connectivity index (χ3n) is 6.80. The molecule has 0 N–H and O–H groups in total. The fourth-order valence-corrected chi connectivity index (χ4v) is 69.9. The van der Waals surface area contributed by atoms with E-state index in [4.69, 9.17) is 0 Å². The summed E-state index contributed by atoms with van der Waals surface area (Å²) in [4.78, 5) is 0. The Morgan fingerprint density at radius 1 is 0.400 bits per heavy atom. The molecule has 4 heteroatoms. The molecule has 0 nitrogen and oxygen atoms in total. The third kappa shape index (κ3) is 25.4. The van der Waals surface area contributed by atoms with Crippen LogP contribution in [0.1, 0.15) is 119 Å². The van der Waals surface area contributed by atoms with Crippen molar-refractivity contribution in [3.8, 4) is 12.8 Å². The van der Waals surface area contributed by atoms with E-state index in [1.807, 2.05) is 0 Å². The van der Waals surface area contributed by atoms with Crippen LogP contribution in [0, 0.1) is 12.8 Å². The van der Waals surface area contributed by atoms with Gasteiger partial charge in [0.15, 0.2) is 0 Å². The molecule has 0 atom stereocenters. The van der Waals surface area contributed by atoms with E-state index in [-0.39, 0.29) is 0 Å². The van der Waals surface area contributed by atoms with Crippen molar-refractivity contribution in [1.29, 1.82) is 0 Å². The maximum atomic E-state index is 4.00. The second kappa shape index (κ2) is 28.0. The van der Waals surface area contributed by atoms with Crippen LogP contribution in [-0.4, -0.2) is 66.0 Å². The molecule has 0 radical (unpaired) electrons. The van der Waals surface area contributed by atoms with E-state index in [2.05, 4.69) is 54.4 Å². The van der Waals surface area contributed by atoms with E-state index in [1.54, 1.807) is 65.1 Å². The van der Waals surface area contributed by atoms with Gasteiger partial charge in [-0.25, -0.2) is 0 Å². The van der Waals surface area contributed by atoms with Gasteiger partial charge in [0.05, 0.1) is 0 Å². The molecule has 0 aromatic heterocycles. The van der Waals surface area contributed by atoms with Crippen molar-refractivity contribution in [3.63, 3.8) is 0 Å². The van der Waals surface area contributed by atoms with Crippen LogP contribution in [0.2, 0.25) is 26.6 Å². The Bertz CT molecular complexity index is 268. The van der Waals surface area contributed by atoms with Gasteiger partial charge in [-0.15, -0.1) is 12.8 Å². The summed E-state index contributed by atoms with van der Waals surface area (Å²) in [6.07, 6.45) is 26.0. The maximum absolute atomic E-state index is 4.00. The van der Waals surface area contributed by atoms with E-state index in [9.17, 15) is 0 Å². The van der Waals surface area contributed by atoms with E-state index in [0.717, 1.165) is 37.1 Å². The molecule has 0 aliphatic heterocycles. The van der Waals surface area contributed by atoms with Crippen LogP contribution in [0.4, 0.5) is 0 Å². The monoisotopic (exact) mass is 854 g/mol. The summed E-state index contributed by atoms with van der Waals surface area (Å²) < 4.78 is 10.5. The predicted molar refractivity (Wildman–Crippen MR) is 160 cm³/mol. The Kier molecular flexibility index (Phi) is 34.8. The van der Waals surface area contributed by atoms with Crippen LogP contribution in [0.5, 0.6) is 0 Å². The molecular weight excluding hydrogens is 787 g/mol. The van der Waals surface area contributed by atoms with Crippen LogP contribution in [0.15, 0.2) is 0 Å². The van der Waals surface area contributed by atoms with Crippen molar-refractivity contribution in [1.82, 2.24) is 0 Å². The average molecular weight is 850 g/mol. The molecule has 0 aromatic carbocycles. The molecule has 0 spiro atoms. The summed E-state index contributed by atoms with van der Waals surface area (Å²) in [5, 5.41) is 0. The second-order valence-corrected chi connectivity index (χ2v) is 121. The zero-order chi connectivity index (χ0) is 23.7. The van der Waals surface area contributed by atoms with Gasteiger partial charge < -0.3 is 0 Å². The molecule has 0 amide bonds. The van der Waals surface area contributed by atoms with Crippen molar-refractivity contribution in [3.05, 3.63) is 0 Å². The van der Waals surface area contributed by atoms with E-state index in [0.29, 0.717) is 0 Å².